The molecule has 2 N–H and O–H groups in total. The highest BCUT2D eigenvalue weighted by atomic mass is 32.2. The predicted molar refractivity (Wildman–Crippen MR) is 109 cm³/mol. The van der Waals surface area contributed by atoms with E-state index in [0.29, 0.717) is 0 Å². The van der Waals surface area contributed by atoms with Crippen LogP contribution in [0.2, 0.25) is 0 Å². The smallest absolute Gasteiger partial charge is 0.188 e. The molecule has 0 spiro atoms. The maximum atomic E-state index is 12.8. The number of hydrogen-bond donors (Lipinski definition) is 1. The average molecular weight is 357 g/mol. The highest BCUT2D eigenvalue weighted by molar-refractivity contribution is 7.97. The van der Waals surface area contributed by atoms with E-state index < -0.39 is 0 Å². The number of Topliss-reactive ketones (excluding diaryl/α,β-unsaturated/α-hetero) is 1. The van der Waals surface area contributed by atoms with E-state index in [2.05, 4.69) is 17.2 Å². The quantitative estimate of drug-likeness (QED) is 0.443. The Bertz CT molecular complexity index is 670. The summed E-state index contributed by atoms with van der Waals surface area (Å²) in [6, 6.07) is 7.93. The molecule has 0 bridgehead atoms. The zero-order valence-corrected chi connectivity index (χ0v) is 16.0. The van der Waals surface area contributed by atoms with E-state index >= 15 is 0 Å². The molecule has 0 radical (unpaired) electrons. The van der Waals surface area contributed by atoms with Crippen LogP contribution in [-0.2, 0) is 5.75 Å². The molecule has 3 nitrogen and oxygen atoms in total. The van der Waals surface area contributed by atoms with Crippen LogP contribution in [0.5, 0.6) is 0 Å². The Labute approximate surface area is 155 Å². The van der Waals surface area contributed by atoms with E-state index in [0.717, 1.165) is 35.7 Å². The van der Waals surface area contributed by atoms with Crippen molar-refractivity contribution in [2.75, 3.05) is 19.3 Å². The van der Waals surface area contributed by atoms with Crippen molar-refractivity contribution in [2.45, 2.75) is 31.9 Å². The van der Waals surface area contributed by atoms with Crippen molar-refractivity contribution in [3.05, 3.63) is 71.1 Å². The largest absolute Gasteiger partial charge is 0.405 e. The van der Waals surface area contributed by atoms with E-state index in [1.807, 2.05) is 43.4 Å². The normalized spacial score (nSPS) is 16.5. The van der Waals surface area contributed by atoms with Crippen molar-refractivity contribution >= 4 is 17.5 Å². The molecular formula is C21H28N2OS. The van der Waals surface area contributed by atoms with Gasteiger partial charge in [0.25, 0.3) is 0 Å². The lowest BCUT2D eigenvalue weighted by molar-refractivity contribution is 0.103. The Morgan fingerprint density at radius 3 is 2.72 bits per heavy atom. The van der Waals surface area contributed by atoms with Crippen LogP contribution in [0.15, 0.2) is 60.0 Å². The molecule has 2 rings (SSSR count). The van der Waals surface area contributed by atoms with Gasteiger partial charge in [-0.05, 0) is 74.1 Å². The van der Waals surface area contributed by atoms with Gasteiger partial charge in [-0.2, -0.15) is 11.8 Å². The van der Waals surface area contributed by atoms with E-state index in [9.17, 15) is 4.79 Å². The van der Waals surface area contributed by atoms with Crippen molar-refractivity contribution in [3.63, 3.8) is 0 Å². The second-order valence-corrected chi connectivity index (χ2v) is 7.18. The number of carbonyl (C=O) groups excluding carboxylic acids is 1. The molecule has 0 aliphatic carbocycles. The third-order valence-electron chi connectivity index (χ3n) is 4.32. The van der Waals surface area contributed by atoms with Gasteiger partial charge in [-0.1, -0.05) is 18.2 Å². The molecule has 1 fully saturated rings. The highest BCUT2D eigenvalue weighted by Crippen LogP contribution is 2.19. The number of nitrogens with two attached hydrogens (primary N) is 1. The Morgan fingerprint density at radius 1 is 1.28 bits per heavy atom. The minimum Gasteiger partial charge on any atom is -0.405 e. The van der Waals surface area contributed by atoms with Gasteiger partial charge in [0.05, 0.1) is 0 Å². The van der Waals surface area contributed by atoms with Crippen LogP contribution in [0.1, 0.15) is 42.1 Å². The summed E-state index contributed by atoms with van der Waals surface area (Å²) in [5.41, 5.74) is 9.26. The molecular weight excluding hydrogens is 328 g/mol. The van der Waals surface area contributed by atoms with Crippen molar-refractivity contribution < 1.29 is 4.79 Å². The van der Waals surface area contributed by atoms with Crippen LogP contribution in [0, 0.1) is 0 Å². The molecule has 0 saturated carbocycles. The first kappa shape index (κ1) is 19.4. The van der Waals surface area contributed by atoms with Gasteiger partial charge in [0, 0.05) is 30.1 Å². The molecule has 1 aromatic carbocycles. The van der Waals surface area contributed by atoms with Gasteiger partial charge in [-0.25, -0.2) is 0 Å². The number of piperidine rings is 1. The minimum atomic E-state index is 0.0857. The van der Waals surface area contributed by atoms with Crippen LogP contribution in [0.3, 0.4) is 0 Å². The fourth-order valence-corrected chi connectivity index (χ4v) is 3.55. The number of benzene rings is 1. The number of likely N-dealkylation sites (tertiary alicyclic amines) is 1. The second kappa shape index (κ2) is 10.1. The second-order valence-electron chi connectivity index (χ2n) is 6.31. The SMILES string of the molecule is CSCc1cccc(C(=O)\C(C)=C/C(=C\C=C\N)N2CCCCC2)c1. The highest BCUT2D eigenvalue weighted by Gasteiger charge is 2.14. The molecule has 1 heterocycles. The molecule has 1 saturated heterocycles. The van der Waals surface area contributed by atoms with Crippen molar-refractivity contribution in [3.8, 4) is 0 Å². The summed E-state index contributed by atoms with van der Waals surface area (Å²) in [5, 5.41) is 0. The van der Waals surface area contributed by atoms with Crippen molar-refractivity contribution in [1.29, 1.82) is 0 Å². The first-order valence-electron chi connectivity index (χ1n) is 8.80. The topological polar surface area (TPSA) is 46.3 Å². The van der Waals surface area contributed by atoms with Crippen molar-refractivity contribution in [2.24, 2.45) is 5.73 Å². The van der Waals surface area contributed by atoms with Crippen LogP contribution < -0.4 is 5.73 Å². The zero-order valence-electron chi connectivity index (χ0n) is 15.2. The summed E-state index contributed by atoms with van der Waals surface area (Å²) in [6.45, 7) is 3.96. The van der Waals surface area contributed by atoms with Gasteiger partial charge < -0.3 is 10.6 Å². The molecule has 0 amide bonds. The maximum Gasteiger partial charge on any atom is 0.188 e. The lowest BCUT2D eigenvalue weighted by Crippen LogP contribution is -2.28. The fraction of sp³-hybridized carbons (Fsp3) is 0.381. The molecule has 0 atom stereocenters. The monoisotopic (exact) mass is 356 g/mol. The summed E-state index contributed by atoms with van der Waals surface area (Å²) in [6.07, 6.45) is 13.1. The van der Waals surface area contributed by atoms with Crippen LogP contribution in [0.25, 0.3) is 0 Å². The molecule has 0 aromatic heterocycles. The Balaban J connectivity index is 2.23. The third-order valence-corrected chi connectivity index (χ3v) is 4.94. The Morgan fingerprint density at radius 2 is 2.04 bits per heavy atom. The van der Waals surface area contributed by atoms with E-state index in [1.54, 1.807) is 11.8 Å². The van der Waals surface area contributed by atoms with E-state index in [1.165, 1.54) is 31.0 Å². The number of ketones is 1. The number of thioether (sulfide) groups is 1. The zero-order chi connectivity index (χ0) is 18.1. The standard InChI is InChI=1S/C21H28N2OS/c1-17(21(24)19-9-6-8-18(15-19)16-25-2)14-20(10-7-11-22)23-12-4-3-5-13-23/h6-11,14-15H,3-5,12-13,16,22H2,1-2H3/b11-7+,17-14-,20-10+. The molecule has 4 heteroatoms. The predicted octanol–water partition coefficient (Wildman–Crippen LogP) is 4.52. The molecule has 25 heavy (non-hydrogen) atoms. The minimum absolute atomic E-state index is 0.0857. The Kier molecular flexibility index (Phi) is 7.86. The number of carbonyl (C=O) groups is 1. The van der Waals surface area contributed by atoms with Crippen LogP contribution >= 0.6 is 11.8 Å². The summed E-state index contributed by atoms with van der Waals surface area (Å²) in [7, 11) is 0. The average Bonchev–Trinajstić information content (AvgIpc) is 2.65. The molecule has 0 unspecified atom stereocenters. The molecule has 1 aliphatic heterocycles. The van der Waals surface area contributed by atoms with Crippen LogP contribution in [-0.4, -0.2) is 30.0 Å². The first-order chi connectivity index (χ1) is 12.2. The fourth-order valence-electron chi connectivity index (χ4n) is 3.04. The summed E-state index contributed by atoms with van der Waals surface area (Å²) < 4.78 is 0. The molecule has 1 aromatic rings. The van der Waals surface area contributed by atoms with Gasteiger partial charge in [0.2, 0.25) is 0 Å². The molecule has 134 valence electrons. The van der Waals surface area contributed by atoms with E-state index in [-0.39, 0.29) is 5.78 Å². The third kappa shape index (κ3) is 5.82. The van der Waals surface area contributed by atoms with Crippen LogP contribution in [0.4, 0.5) is 0 Å². The number of hydrogen-bond acceptors (Lipinski definition) is 4. The lowest BCUT2D eigenvalue weighted by Gasteiger charge is -2.30. The van der Waals surface area contributed by atoms with Gasteiger partial charge in [0.15, 0.2) is 5.78 Å². The summed E-state index contributed by atoms with van der Waals surface area (Å²) in [4.78, 5) is 15.2. The number of nitrogens with zero attached hydrogens (tertiary/aromatic N) is 1. The van der Waals surface area contributed by atoms with Gasteiger partial charge >= 0.3 is 0 Å². The number of allylic oxidation sites excluding steroid dienone is 4. The Hall–Kier alpha value is -1.94. The van der Waals surface area contributed by atoms with E-state index in [4.69, 9.17) is 5.73 Å². The maximum absolute atomic E-state index is 12.8. The summed E-state index contributed by atoms with van der Waals surface area (Å²) in [5.74, 6) is 1.01. The molecule has 1 aliphatic rings. The van der Waals surface area contributed by atoms with Gasteiger partial charge in [-0.3, -0.25) is 4.79 Å². The van der Waals surface area contributed by atoms with Crippen molar-refractivity contribution in [1.82, 2.24) is 4.90 Å². The number of rotatable bonds is 7. The van der Waals surface area contributed by atoms with Gasteiger partial charge in [-0.15, -0.1) is 0 Å². The summed E-state index contributed by atoms with van der Waals surface area (Å²) >= 11 is 1.76. The lowest BCUT2D eigenvalue weighted by atomic mass is 10.0. The van der Waals surface area contributed by atoms with Gasteiger partial charge in [0.1, 0.15) is 0 Å². The first-order valence-corrected chi connectivity index (χ1v) is 10.2.